The molecule has 104 valence electrons. The van der Waals surface area contributed by atoms with E-state index in [4.69, 9.17) is 4.74 Å². The van der Waals surface area contributed by atoms with Crippen LogP contribution in [0.5, 0.6) is 0 Å². The van der Waals surface area contributed by atoms with Crippen LogP contribution in [0, 0.1) is 11.8 Å². The molecule has 0 bridgehead atoms. The lowest BCUT2D eigenvalue weighted by molar-refractivity contribution is -0.149. The Bertz CT molecular complexity index is 282. The van der Waals surface area contributed by atoms with Crippen LogP contribution in [0.25, 0.3) is 0 Å². The number of hydrogen-bond donors (Lipinski definition) is 0. The number of nitrogens with zero attached hydrogens (tertiary/aromatic N) is 1. The Morgan fingerprint density at radius 3 is 2.50 bits per heavy atom. The predicted molar refractivity (Wildman–Crippen MR) is 72.3 cm³/mol. The van der Waals surface area contributed by atoms with Gasteiger partial charge in [0.15, 0.2) is 0 Å². The summed E-state index contributed by atoms with van der Waals surface area (Å²) in [6.45, 7) is 8.16. The molecule has 1 aliphatic carbocycles. The molecule has 1 saturated carbocycles. The van der Waals surface area contributed by atoms with Crippen LogP contribution in [-0.4, -0.2) is 36.1 Å². The number of carbonyl (C=O) groups is 1. The molecule has 1 aliphatic heterocycles. The summed E-state index contributed by atoms with van der Waals surface area (Å²) in [4.78, 5) is 14.4. The molecule has 3 nitrogen and oxygen atoms in total. The number of likely N-dealkylation sites (tertiary alicyclic amines) is 1. The van der Waals surface area contributed by atoms with E-state index in [0.29, 0.717) is 12.6 Å². The van der Waals surface area contributed by atoms with Crippen molar-refractivity contribution >= 4 is 5.97 Å². The fourth-order valence-corrected chi connectivity index (χ4v) is 3.89. The van der Waals surface area contributed by atoms with Gasteiger partial charge in [-0.2, -0.15) is 0 Å². The van der Waals surface area contributed by atoms with Gasteiger partial charge in [-0.1, -0.05) is 13.8 Å². The first-order valence-corrected chi connectivity index (χ1v) is 7.54. The Morgan fingerprint density at radius 2 is 1.89 bits per heavy atom. The quantitative estimate of drug-likeness (QED) is 0.724. The van der Waals surface area contributed by atoms with Gasteiger partial charge in [-0.15, -0.1) is 0 Å². The van der Waals surface area contributed by atoms with E-state index < -0.39 is 0 Å². The van der Waals surface area contributed by atoms with Crippen LogP contribution in [-0.2, 0) is 9.53 Å². The lowest BCUT2D eigenvalue weighted by Crippen LogP contribution is -2.46. The van der Waals surface area contributed by atoms with Gasteiger partial charge in [-0.05, 0) is 57.4 Å². The van der Waals surface area contributed by atoms with Crippen molar-refractivity contribution in [3.05, 3.63) is 0 Å². The summed E-state index contributed by atoms with van der Waals surface area (Å²) in [5.74, 6) is 1.59. The Morgan fingerprint density at radius 1 is 1.22 bits per heavy atom. The SMILES string of the molecule is CCOC(=O)C1CCCN1C1CC(C)CC(C)C1. The molecule has 0 aromatic rings. The molecule has 2 fully saturated rings. The lowest BCUT2D eigenvalue weighted by Gasteiger charge is -2.39. The van der Waals surface area contributed by atoms with Crippen molar-refractivity contribution in [1.29, 1.82) is 0 Å². The first kappa shape index (κ1) is 13.9. The van der Waals surface area contributed by atoms with Gasteiger partial charge in [0.2, 0.25) is 0 Å². The molecule has 0 amide bonds. The zero-order chi connectivity index (χ0) is 13.1. The molecule has 0 radical (unpaired) electrons. The number of rotatable bonds is 3. The number of ether oxygens (including phenoxy) is 1. The van der Waals surface area contributed by atoms with Gasteiger partial charge in [0, 0.05) is 6.04 Å². The third-order valence-corrected chi connectivity index (χ3v) is 4.48. The third-order valence-electron chi connectivity index (χ3n) is 4.48. The van der Waals surface area contributed by atoms with Gasteiger partial charge in [0.05, 0.1) is 6.61 Å². The Labute approximate surface area is 111 Å². The molecule has 1 saturated heterocycles. The van der Waals surface area contributed by atoms with Crippen LogP contribution in [0.1, 0.15) is 52.9 Å². The molecule has 3 unspecified atom stereocenters. The van der Waals surface area contributed by atoms with E-state index >= 15 is 0 Å². The van der Waals surface area contributed by atoms with E-state index in [2.05, 4.69) is 18.7 Å². The maximum absolute atomic E-state index is 12.0. The summed E-state index contributed by atoms with van der Waals surface area (Å²) in [6, 6.07) is 0.633. The van der Waals surface area contributed by atoms with Crippen LogP contribution in [0.15, 0.2) is 0 Å². The highest BCUT2D eigenvalue weighted by atomic mass is 16.5. The molecular weight excluding hydrogens is 226 g/mol. The molecule has 2 rings (SSSR count). The normalized spacial score (nSPS) is 37.7. The molecule has 0 aromatic heterocycles. The monoisotopic (exact) mass is 253 g/mol. The van der Waals surface area contributed by atoms with E-state index in [1.165, 1.54) is 19.3 Å². The Hall–Kier alpha value is -0.570. The number of carbonyl (C=O) groups excluding carboxylic acids is 1. The fourth-order valence-electron chi connectivity index (χ4n) is 3.89. The van der Waals surface area contributed by atoms with Crippen LogP contribution < -0.4 is 0 Å². The van der Waals surface area contributed by atoms with Crippen LogP contribution in [0.2, 0.25) is 0 Å². The second kappa shape index (κ2) is 6.05. The minimum absolute atomic E-state index is 0.000814. The lowest BCUT2D eigenvalue weighted by atomic mass is 9.79. The summed E-state index contributed by atoms with van der Waals surface area (Å²) in [7, 11) is 0. The zero-order valence-corrected chi connectivity index (χ0v) is 12.0. The molecule has 3 heteroatoms. The van der Waals surface area contributed by atoms with Crippen molar-refractivity contribution < 1.29 is 9.53 Å². The summed E-state index contributed by atoms with van der Waals surface area (Å²) in [5.41, 5.74) is 0. The predicted octanol–water partition coefficient (Wildman–Crippen LogP) is 2.84. The molecule has 2 aliphatic rings. The molecule has 3 atom stereocenters. The molecule has 0 N–H and O–H groups in total. The first-order valence-electron chi connectivity index (χ1n) is 7.54. The molecular formula is C15H27NO2. The van der Waals surface area contributed by atoms with Gasteiger partial charge in [-0.3, -0.25) is 9.69 Å². The summed E-state index contributed by atoms with van der Waals surface area (Å²) >= 11 is 0. The summed E-state index contributed by atoms with van der Waals surface area (Å²) < 4.78 is 5.22. The maximum Gasteiger partial charge on any atom is 0.323 e. The zero-order valence-electron chi connectivity index (χ0n) is 12.0. The molecule has 18 heavy (non-hydrogen) atoms. The average molecular weight is 253 g/mol. The minimum Gasteiger partial charge on any atom is -0.465 e. The van der Waals surface area contributed by atoms with Crippen molar-refractivity contribution in [1.82, 2.24) is 4.90 Å². The van der Waals surface area contributed by atoms with Gasteiger partial charge in [0.25, 0.3) is 0 Å². The fraction of sp³-hybridized carbons (Fsp3) is 0.933. The minimum atomic E-state index is 0.000814. The van der Waals surface area contributed by atoms with Crippen molar-refractivity contribution in [2.45, 2.75) is 65.0 Å². The van der Waals surface area contributed by atoms with Crippen molar-refractivity contribution in [3.8, 4) is 0 Å². The third kappa shape index (κ3) is 3.05. The highest BCUT2D eigenvalue weighted by Gasteiger charge is 2.38. The molecule has 0 spiro atoms. The maximum atomic E-state index is 12.0. The van der Waals surface area contributed by atoms with Gasteiger partial charge >= 0.3 is 5.97 Å². The van der Waals surface area contributed by atoms with Crippen LogP contribution in [0.3, 0.4) is 0 Å². The summed E-state index contributed by atoms with van der Waals surface area (Å²) in [6.07, 6.45) is 5.97. The second-order valence-electron chi connectivity index (χ2n) is 6.22. The Kier molecular flexibility index (Phi) is 4.66. The van der Waals surface area contributed by atoms with Crippen LogP contribution >= 0.6 is 0 Å². The summed E-state index contributed by atoms with van der Waals surface area (Å²) in [5, 5.41) is 0. The largest absolute Gasteiger partial charge is 0.465 e. The highest BCUT2D eigenvalue weighted by molar-refractivity contribution is 5.76. The average Bonchev–Trinajstić information content (AvgIpc) is 2.76. The topological polar surface area (TPSA) is 29.5 Å². The number of hydrogen-bond acceptors (Lipinski definition) is 3. The highest BCUT2D eigenvalue weighted by Crippen LogP contribution is 2.35. The molecule has 1 heterocycles. The van der Waals surface area contributed by atoms with Crippen molar-refractivity contribution in [2.24, 2.45) is 11.8 Å². The Balaban J connectivity index is 1.99. The smallest absolute Gasteiger partial charge is 0.323 e. The van der Waals surface area contributed by atoms with Gasteiger partial charge < -0.3 is 4.74 Å². The van der Waals surface area contributed by atoms with Crippen molar-refractivity contribution in [2.75, 3.05) is 13.2 Å². The number of esters is 1. The van der Waals surface area contributed by atoms with Crippen LogP contribution in [0.4, 0.5) is 0 Å². The van der Waals surface area contributed by atoms with E-state index in [9.17, 15) is 4.79 Å². The second-order valence-corrected chi connectivity index (χ2v) is 6.22. The van der Waals surface area contributed by atoms with E-state index in [1.807, 2.05) is 6.92 Å². The van der Waals surface area contributed by atoms with E-state index in [-0.39, 0.29) is 12.0 Å². The van der Waals surface area contributed by atoms with Gasteiger partial charge in [-0.25, -0.2) is 0 Å². The molecule has 0 aromatic carbocycles. The van der Waals surface area contributed by atoms with Gasteiger partial charge in [0.1, 0.15) is 6.04 Å². The first-order chi connectivity index (χ1) is 8.61. The van der Waals surface area contributed by atoms with Crippen molar-refractivity contribution in [3.63, 3.8) is 0 Å². The standard InChI is InChI=1S/C15H27NO2/c1-4-18-15(17)14-6-5-7-16(14)13-9-11(2)8-12(3)10-13/h11-14H,4-10H2,1-3H3. The van der Waals surface area contributed by atoms with E-state index in [1.54, 1.807) is 0 Å². The van der Waals surface area contributed by atoms with E-state index in [0.717, 1.165) is 31.2 Å².